The zero-order valence-corrected chi connectivity index (χ0v) is 20.7. The molecule has 6 rings (SSSR count). The number of hydrogen-bond donors (Lipinski definition) is 1. The Labute approximate surface area is 214 Å². The molecule has 3 aromatic rings. The molecule has 3 aliphatic rings. The Morgan fingerprint density at radius 1 is 1.11 bits per heavy atom. The van der Waals surface area contributed by atoms with Gasteiger partial charge in [-0.1, -0.05) is 12.1 Å². The molecule has 5 heterocycles. The number of anilines is 2. The number of nitriles is 1. The smallest absolute Gasteiger partial charge is 0.317 e. The number of carbonyl (C=O) groups is 2. The lowest BCUT2D eigenvalue weighted by atomic mass is 9.96. The van der Waals surface area contributed by atoms with Crippen molar-refractivity contribution in [3.8, 4) is 17.2 Å². The van der Waals surface area contributed by atoms with Crippen LogP contribution in [0, 0.1) is 11.3 Å². The average molecular weight is 495 g/mol. The summed E-state index contributed by atoms with van der Waals surface area (Å²) in [7, 11) is 0. The fourth-order valence-corrected chi connectivity index (χ4v) is 5.42. The summed E-state index contributed by atoms with van der Waals surface area (Å²) in [6.07, 6.45) is 5.20. The Bertz CT molecular complexity index is 1450. The van der Waals surface area contributed by atoms with Crippen LogP contribution in [0.4, 0.5) is 16.4 Å². The van der Waals surface area contributed by atoms with Crippen molar-refractivity contribution in [2.24, 2.45) is 0 Å². The highest BCUT2D eigenvalue weighted by molar-refractivity contribution is 6.14. The second-order valence-electron chi connectivity index (χ2n) is 10.1. The van der Waals surface area contributed by atoms with Crippen LogP contribution in [-0.2, 0) is 6.54 Å². The quantitative estimate of drug-likeness (QED) is 0.588. The van der Waals surface area contributed by atoms with Gasteiger partial charge in [-0.25, -0.2) is 19.7 Å². The molecule has 10 nitrogen and oxygen atoms in total. The first kappa shape index (κ1) is 22.9. The van der Waals surface area contributed by atoms with Crippen molar-refractivity contribution in [3.05, 3.63) is 65.7 Å². The molecule has 1 atom stereocenters. The summed E-state index contributed by atoms with van der Waals surface area (Å²) in [5.74, 6) is 0.685. The van der Waals surface area contributed by atoms with Crippen LogP contribution >= 0.6 is 0 Å². The Morgan fingerprint density at radius 3 is 2.70 bits per heavy atom. The van der Waals surface area contributed by atoms with Crippen molar-refractivity contribution in [1.29, 1.82) is 5.26 Å². The van der Waals surface area contributed by atoms with E-state index < -0.39 is 5.54 Å². The van der Waals surface area contributed by atoms with Gasteiger partial charge in [0.15, 0.2) is 5.78 Å². The third kappa shape index (κ3) is 3.74. The highest BCUT2D eigenvalue weighted by Gasteiger charge is 2.44. The number of rotatable bonds is 4. The van der Waals surface area contributed by atoms with Crippen LogP contribution < -0.4 is 15.1 Å². The van der Waals surface area contributed by atoms with Crippen LogP contribution in [-0.4, -0.2) is 69.4 Å². The van der Waals surface area contributed by atoms with Crippen molar-refractivity contribution >= 4 is 23.5 Å². The van der Waals surface area contributed by atoms with Gasteiger partial charge in [0.2, 0.25) is 5.95 Å². The number of hydrogen-bond acceptors (Lipinski definition) is 8. The Balaban J connectivity index is 1.27. The van der Waals surface area contributed by atoms with Crippen LogP contribution in [0.3, 0.4) is 0 Å². The van der Waals surface area contributed by atoms with Gasteiger partial charge in [-0.3, -0.25) is 4.79 Å². The van der Waals surface area contributed by atoms with E-state index in [2.05, 4.69) is 31.2 Å². The van der Waals surface area contributed by atoms with E-state index in [-0.39, 0.29) is 17.9 Å². The van der Waals surface area contributed by atoms with Gasteiger partial charge in [0, 0.05) is 73.7 Å². The predicted octanol–water partition coefficient (Wildman–Crippen LogP) is 2.61. The molecular formula is C27H26N8O2. The lowest BCUT2D eigenvalue weighted by Gasteiger charge is -2.36. The number of Topliss-reactive ketones (excluding diaryl/α,β-unsaturated/α-hetero) is 1. The SMILES string of the molecule is CC1(C)C(=O)c2ccc(-c3cnc(N4CCN5C(=O)NC[C@@H]5C4)nc3)cc2N1Cc1cccnc1C#N. The molecule has 2 amide bonds. The number of ketones is 1. The maximum absolute atomic E-state index is 13.3. The van der Waals surface area contributed by atoms with Crippen LogP contribution in [0.5, 0.6) is 0 Å². The molecule has 1 N–H and O–H groups in total. The van der Waals surface area contributed by atoms with E-state index in [1.807, 2.05) is 47.9 Å². The van der Waals surface area contributed by atoms with Gasteiger partial charge in [-0.05, 0) is 37.6 Å². The molecular weight excluding hydrogens is 468 g/mol. The third-order valence-electron chi connectivity index (χ3n) is 7.58. The minimum atomic E-state index is -0.761. The molecule has 1 aromatic carbocycles. The first-order chi connectivity index (χ1) is 17.9. The lowest BCUT2D eigenvalue weighted by Crippen LogP contribution is -2.52. The fraction of sp³-hybridized carbons (Fsp3) is 0.333. The molecule has 0 unspecified atom stereocenters. The van der Waals surface area contributed by atoms with Gasteiger partial charge in [0.25, 0.3) is 0 Å². The molecule has 2 saturated heterocycles. The number of pyridine rings is 1. The molecule has 0 bridgehead atoms. The number of benzene rings is 1. The summed E-state index contributed by atoms with van der Waals surface area (Å²) in [5, 5.41) is 12.4. The number of nitrogens with one attached hydrogen (secondary N) is 1. The molecule has 0 saturated carbocycles. The Hall–Kier alpha value is -4.52. The third-order valence-corrected chi connectivity index (χ3v) is 7.58. The molecule has 37 heavy (non-hydrogen) atoms. The average Bonchev–Trinajstić information content (AvgIpc) is 3.38. The van der Waals surface area contributed by atoms with Crippen molar-refractivity contribution in [1.82, 2.24) is 25.2 Å². The second kappa shape index (κ2) is 8.55. The van der Waals surface area contributed by atoms with Crippen molar-refractivity contribution in [3.63, 3.8) is 0 Å². The molecule has 0 aliphatic carbocycles. The van der Waals surface area contributed by atoms with Crippen molar-refractivity contribution in [2.45, 2.75) is 32.0 Å². The number of fused-ring (bicyclic) bond motifs is 2. The minimum Gasteiger partial charge on any atom is -0.354 e. The molecule has 3 aliphatic heterocycles. The highest BCUT2D eigenvalue weighted by Crippen LogP contribution is 2.42. The lowest BCUT2D eigenvalue weighted by molar-refractivity contribution is 0.0923. The molecule has 0 radical (unpaired) electrons. The van der Waals surface area contributed by atoms with E-state index in [4.69, 9.17) is 0 Å². The largest absolute Gasteiger partial charge is 0.354 e. The molecule has 10 heteroatoms. The van der Waals surface area contributed by atoms with Crippen LogP contribution in [0.15, 0.2) is 48.9 Å². The maximum Gasteiger partial charge on any atom is 0.317 e. The maximum atomic E-state index is 13.3. The Kier molecular flexibility index (Phi) is 5.30. The standard InChI is InChI=1S/C27H26N8O2/c1-27(2)24(36)21-6-5-17(10-23(21)35(27)15-18-4-3-7-29-22(18)11-28)19-12-30-25(31-13-19)33-8-9-34-20(16-33)14-32-26(34)37/h3-7,10,12-13,20H,8-9,14-16H2,1-2H3,(H,32,37)/t20-/m1/s1. The zero-order chi connectivity index (χ0) is 25.7. The summed E-state index contributed by atoms with van der Waals surface area (Å²) >= 11 is 0. The summed E-state index contributed by atoms with van der Waals surface area (Å²) in [6, 6.07) is 11.7. The van der Waals surface area contributed by atoms with E-state index in [0.29, 0.717) is 49.9 Å². The number of nitrogens with zero attached hydrogens (tertiary/aromatic N) is 7. The van der Waals surface area contributed by atoms with Gasteiger partial charge in [-0.2, -0.15) is 5.26 Å². The van der Waals surface area contributed by atoms with Crippen molar-refractivity contribution < 1.29 is 9.59 Å². The molecule has 2 fully saturated rings. The number of carbonyl (C=O) groups excluding carboxylic acids is 2. The van der Waals surface area contributed by atoms with E-state index in [0.717, 1.165) is 22.4 Å². The van der Waals surface area contributed by atoms with Gasteiger partial charge in [0.05, 0.1) is 11.6 Å². The predicted molar refractivity (Wildman–Crippen MR) is 137 cm³/mol. The number of piperazine rings is 1. The summed E-state index contributed by atoms with van der Waals surface area (Å²) in [5.41, 5.74) is 3.60. The number of urea groups is 1. The number of aromatic nitrogens is 3. The second-order valence-corrected chi connectivity index (χ2v) is 10.1. The minimum absolute atomic E-state index is 0.000559. The summed E-state index contributed by atoms with van der Waals surface area (Å²) in [6.45, 7) is 6.88. The van der Waals surface area contributed by atoms with Crippen LogP contribution in [0.2, 0.25) is 0 Å². The fourth-order valence-electron chi connectivity index (χ4n) is 5.42. The first-order valence-corrected chi connectivity index (χ1v) is 12.3. The summed E-state index contributed by atoms with van der Waals surface area (Å²) < 4.78 is 0. The normalized spacial score (nSPS) is 19.9. The highest BCUT2D eigenvalue weighted by atomic mass is 16.2. The van der Waals surface area contributed by atoms with E-state index >= 15 is 0 Å². The summed E-state index contributed by atoms with van der Waals surface area (Å²) in [4.78, 5) is 44.6. The van der Waals surface area contributed by atoms with E-state index in [9.17, 15) is 14.9 Å². The van der Waals surface area contributed by atoms with Crippen molar-refractivity contribution in [2.75, 3.05) is 36.0 Å². The first-order valence-electron chi connectivity index (χ1n) is 12.3. The van der Waals surface area contributed by atoms with E-state index in [1.165, 1.54) is 0 Å². The zero-order valence-electron chi connectivity index (χ0n) is 20.7. The van der Waals surface area contributed by atoms with Crippen LogP contribution in [0.25, 0.3) is 11.1 Å². The number of amides is 2. The van der Waals surface area contributed by atoms with Gasteiger partial charge < -0.3 is 20.0 Å². The van der Waals surface area contributed by atoms with Gasteiger partial charge >= 0.3 is 6.03 Å². The van der Waals surface area contributed by atoms with Gasteiger partial charge in [-0.15, -0.1) is 0 Å². The van der Waals surface area contributed by atoms with Gasteiger partial charge in [0.1, 0.15) is 11.8 Å². The van der Waals surface area contributed by atoms with E-state index in [1.54, 1.807) is 24.7 Å². The molecule has 186 valence electrons. The monoisotopic (exact) mass is 494 g/mol. The van der Waals surface area contributed by atoms with Crippen LogP contribution in [0.1, 0.15) is 35.5 Å². The Morgan fingerprint density at radius 2 is 1.92 bits per heavy atom. The topological polar surface area (TPSA) is 118 Å². The molecule has 0 spiro atoms. The molecule has 2 aromatic heterocycles.